The van der Waals surface area contributed by atoms with Crippen LogP contribution >= 0.6 is 0 Å². The van der Waals surface area contributed by atoms with E-state index in [1.54, 1.807) is 48.5 Å². The lowest BCUT2D eigenvalue weighted by molar-refractivity contribution is -0.122. The lowest BCUT2D eigenvalue weighted by atomic mass is 10.1. The van der Waals surface area contributed by atoms with Crippen LogP contribution in [-0.2, 0) is 16.2 Å². The van der Waals surface area contributed by atoms with Crippen molar-refractivity contribution in [2.75, 3.05) is 12.0 Å². The monoisotopic (exact) mass is 460 g/mol. The maximum absolute atomic E-state index is 13.4. The number of amides is 4. The van der Waals surface area contributed by atoms with Crippen LogP contribution in [0.1, 0.15) is 16.7 Å². The van der Waals surface area contributed by atoms with Crippen LogP contribution in [0.5, 0.6) is 11.5 Å². The van der Waals surface area contributed by atoms with Gasteiger partial charge in [0.2, 0.25) is 0 Å². The van der Waals surface area contributed by atoms with Crippen molar-refractivity contribution >= 4 is 29.6 Å². The summed E-state index contributed by atoms with van der Waals surface area (Å²) in [6.45, 7) is 1.96. The number of anilines is 1. The van der Waals surface area contributed by atoms with Crippen molar-refractivity contribution in [1.29, 1.82) is 0 Å². The van der Waals surface area contributed by atoms with Crippen LogP contribution < -0.4 is 19.7 Å². The molecule has 1 aliphatic rings. The van der Waals surface area contributed by atoms with Gasteiger partial charge in [0.05, 0.1) is 12.8 Å². The molecule has 0 saturated carbocycles. The molecule has 0 bridgehead atoms. The van der Waals surface area contributed by atoms with Gasteiger partial charge >= 0.3 is 6.03 Å². The molecule has 0 spiro atoms. The van der Waals surface area contributed by atoms with Crippen LogP contribution in [0.2, 0.25) is 0 Å². The minimum Gasteiger partial charge on any atom is -0.493 e. The van der Waals surface area contributed by atoms with E-state index in [9.17, 15) is 18.8 Å². The topological polar surface area (TPSA) is 84.9 Å². The molecule has 0 aliphatic carbocycles. The van der Waals surface area contributed by atoms with Crippen LogP contribution in [0.3, 0.4) is 0 Å². The maximum Gasteiger partial charge on any atom is 0.335 e. The van der Waals surface area contributed by atoms with Crippen LogP contribution in [0, 0.1) is 12.7 Å². The molecule has 0 aromatic heterocycles. The number of aryl methyl sites for hydroxylation is 1. The van der Waals surface area contributed by atoms with E-state index in [0.29, 0.717) is 28.3 Å². The van der Waals surface area contributed by atoms with Crippen LogP contribution in [0.4, 0.5) is 14.9 Å². The molecule has 4 rings (SSSR count). The molecule has 1 heterocycles. The third kappa shape index (κ3) is 4.80. The van der Waals surface area contributed by atoms with E-state index in [-0.39, 0.29) is 18.0 Å². The predicted molar refractivity (Wildman–Crippen MR) is 124 cm³/mol. The average Bonchev–Trinajstić information content (AvgIpc) is 2.80. The number of urea groups is 1. The van der Waals surface area contributed by atoms with Crippen molar-refractivity contribution in [2.45, 2.75) is 13.5 Å². The summed E-state index contributed by atoms with van der Waals surface area (Å²) in [5.41, 5.74) is 2.17. The molecule has 1 N–H and O–H groups in total. The smallest absolute Gasteiger partial charge is 0.335 e. The van der Waals surface area contributed by atoms with E-state index in [1.807, 2.05) is 13.0 Å². The molecule has 3 aromatic rings. The van der Waals surface area contributed by atoms with Crippen LogP contribution in [0.15, 0.2) is 72.3 Å². The van der Waals surface area contributed by atoms with Gasteiger partial charge in [0, 0.05) is 0 Å². The van der Waals surface area contributed by atoms with Crippen molar-refractivity contribution in [3.63, 3.8) is 0 Å². The lowest BCUT2D eigenvalue weighted by Crippen LogP contribution is -2.54. The van der Waals surface area contributed by atoms with Gasteiger partial charge in [-0.1, -0.05) is 30.3 Å². The largest absolute Gasteiger partial charge is 0.493 e. The van der Waals surface area contributed by atoms with Crippen LogP contribution in [0.25, 0.3) is 6.08 Å². The van der Waals surface area contributed by atoms with E-state index in [2.05, 4.69) is 5.32 Å². The molecular formula is C26H21FN2O5. The van der Waals surface area contributed by atoms with Gasteiger partial charge in [-0.3, -0.25) is 14.9 Å². The molecule has 0 atom stereocenters. The molecule has 1 saturated heterocycles. The Hall–Kier alpha value is -4.46. The Morgan fingerprint density at radius 3 is 2.50 bits per heavy atom. The Kier molecular flexibility index (Phi) is 6.40. The highest BCUT2D eigenvalue weighted by atomic mass is 19.1. The highest BCUT2D eigenvalue weighted by Gasteiger charge is 2.36. The third-order valence-corrected chi connectivity index (χ3v) is 5.14. The Balaban J connectivity index is 1.60. The van der Waals surface area contributed by atoms with Gasteiger partial charge in [0.25, 0.3) is 11.8 Å². The van der Waals surface area contributed by atoms with E-state index in [0.717, 1.165) is 10.5 Å². The van der Waals surface area contributed by atoms with Gasteiger partial charge in [0.15, 0.2) is 11.5 Å². The fraction of sp³-hybridized carbons (Fsp3) is 0.115. The van der Waals surface area contributed by atoms with Gasteiger partial charge < -0.3 is 9.47 Å². The second-order valence-electron chi connectivity index (χ2n) is 7.63. The lowest BCUT2D eigenvalue weighted by Gasteiger charge is -2.26. The zero-order valence-electron chi connectivity index (χ0n) is 18.5. The van der Waals surface area contributed by atoms with Crippen molar-refractivity contribution in [3.8, 4) is 11.5 Å². The van der Waals surface area contributed by atoms with Crippen LogP contribution in [-0.4, -0.2) is 25.0 Å². The minimum absolute atomic E-state index is 0.128. The normalized spacial score (nSPS) is 14.9. The van der Waals surface area contributed by atoms with Crippen molar-refractivity contribution < 1.29 is 28.2 Å². The number of carbonyl (C=O) groups is 3. The fourth-order valence-electron chi connectivity index (χ4n) is 3.51. The molecule has 0 radical (unpaired) electrons. The molecule has 7 nitrogen and oxygen atoms in total. The Morgan fingerprint density at radius 1 is 0.971 bits per heavy atom. The summed E-state index contributed by atoms with van der Waals surface area (Å²) in [6.07, 6.45) is 1.38. The van der Waals surface area contributed by atoms with Crippen molar-refractivity contribution in [3.05, 3.63) is 94.8 Å². The first-order valence-corrected chi connectivity index (χ1v) is 10.4. The first-order valence-electron chi connectivity index (χ1n) is 10.4. The number of imide groups is 2. The Morgan fingerprint density at radius 2 is 1.76 bits per heavy atom. The van der Waals surface area contributed by atoms with E-state index in [1.165, 1.54) is 25.3 Å². The molecule has 34 heavy (non-hydrogen) atoms. The fourth-order valence-corrected chi connectivity index (χ4v) is 3.51. The maximum atomic E-state index is 13.4. The number of methoxy groups -OCH3 is 1. The number of nitrogens with zero attached hydrogens (tertiary/aromatic N) is 1. The Labute approximate surface area is 195 Å². The summed E-state index contributed by atoms with van der Waals surface area (Å²) < 4.78 is 24.5. The number of rotatable bonds is 6. The van der Waals surface area contributed by atoms with Gasteiger partial charge in [-0.15, -0.1) is 0 Å². The second kappa shape index (κ2) is 9.58. The molecule has 0 unspecified atom stereocenters. The quantitative estimate of drug-likeness (QED) is 0.436. The van der Waals surface area contributed by atoms with E-state index >= 15 is 0 Å². The number of benzene rings is 3. The summed E-state index contributed by atoms with van der Waals surface area (Å²) in [5, 5.41) is 2.20. The summed E-state index contributed by atoms with van der Waals surface area (Å²) in [7, 11) is 1.46. The van der Waals surface area contributed by atoms with Gasteiger partial charge in [0.1, 0.15) is 18.0 Å². The summed E-state index contributed by atoms with van der Waals surface area (Å²) in [6, 6.07) is 17.0. The number of ether oxygens (including phenoxy) is 2. The Bertz CT molecular complexity index is 1320. The first kappa shape index (κ1) is 22.7. The SMILES string of the molecule is COc1cc(/C=C2\C(=O)NC(=O)N(c3cccc(C)c3)C2=O)ccc1OCc1cccc(F)c1. The zero-order valence-corrected chi connectivity index (χ0v) is 18.5. The molecule has 1 fully saturated rings. The number of halogens is 1. The molecule has 3 aromatic carbocycles. The van der Waals surface area contributed by atoms with E-state index in [4.69, 9.17) is 9.47 Å². The number of carbonyl (C=O) groups excluding carboxylic acids is 3. The molecular weight excluding hydrogens is 439 g/mol. The number of hydrogen-bond donors (Lipinski definition) is 1. The first-order chi connectivity index (χ1) is 16.4. The van der Waals surface area contributed by atoms with Crippen molar-refractivity contribution in [1.82, 2.24) is 5.32 Å². The molecule has 1 aliphatic heterocycles. The van der Waals surface area contributed by atoms with Gasteiger partial charge in [-0.25, -0.2) is 14.1 Å². The zero-order chi connectivity index (χ0) is 24.2. The summed E-state index contributed by atoms with van der Waals surface area (Å²) >= 11 is 0. The average molecular weight is 460 g/mol. The van der Waals surface area contributed by atoms with Gasteiger partial charge in [-0.05, 0) is 66.1 Å². The number of hydrogen-bond acceptors (Lipinski definition) is 5. The predicted octanol–water partition coefficient (Wildman–Crippen LogP) is 4.39. The highest BCUT2D eigenvalue weighted by molar-refractivity contribution is 6.39. The van der Waals surface area contributed by atoms with E-state index < -0.39 is 17.8 Å². The minimum atomic E-state index is -0.809. The molecule has 8 heteroatoms. The number of nitrogens with one attached hydrogen (secondary N) is 1. The summed E-state index contributed by atoms with van der Waals surface area (Å²) in [5.74, 6) is -1.11. The number of barbiturate groups is 1. The van der Waals surface area contributed by atoms with Crippen molar-refractivity contribution in [2.24, 2.45) is 0 Å². The summed E-state index contributed by atoms with van der Waals surface area (Å²) in [4.78, 5) is 38.8. The molecule has 172 valence electrons. The second-order valence-corrected chi connectivity index (χ2v) is 7.63. The molecule has 4 amide bonds. The third-order valence-electron chi connectivity index (χ3n) is 5.14. The standard InChI is InChI=1S/C26H21FN2O5/c1-16-5-3-8-20(11-16)29-25(31)21(24(30)28-26(29)32)13-17-9-10-22(23(14-17)33-2)34-15-18-6-4-7-19(27)12-18/h3-14H,15H2,1-2H3,(H,28,30,32)/b21-13+. The highest BCUT2D eigenvalue weighted by Crippen LogP contribution is 2.30. The van der Waals surface area contributed by atoms with Gasteiger partial charge in [-0.2, -0.15) is 0 Å².